The van der Waals surface area contributed by atoms with Crippen LogP contribution in [0.5, 0.6) is 0 Å². The number of hydrogen-bond donors (Lipinski definition) is 0. The van der Waals surface area contributed by atoms with Crippen molar-refractivity contribution < 1.29 is 9.59 Å². The molecule has 2 aromatic carbocycles. The zero-order valence-corrected chi connectivity index (χ0v) is 11.7. The lowest BCUT2D eigenvalue weighted by molar-refractivity contribution is -0.112. The number of allylic oxidation sites excluding steroid dienone is 1. The zero-order valence-electron chi connectivity index (χ0n) is 11.7. The number of fused-ring (bicyclic) bond motifs is 1. The Morgan fingerprint density at radius 3 is 2.29 bits per heavy atom. The Morgan fingerprint density at radius 2 is 1.62 bits per heavy atom. The van der Waals surface area contributed by atoms with Gasteiger partial charge in [0.15, 0.2) is 5.78 Å². The van der Waals surface area contributed by atoms with E-state index < -0.39 is 0 Å². The molecule has 0 bridgehead atoms. The SMILES string of the molecule is CC(=O)/C=C1\c2ccccc2C(=O)N1Cc1ccccc1. The molecule has 3 nitrogen and oxygen atoms in total. The molecule has 1 aliphatic heterocycles. The molecule has 0 atom stereocenters. The van der Waals surface area contributed by atoms with Crippen LogP contribution in [-0.4, -0.2) is 16.6 Å². The third kappa shape index (κ3) is 2.50. The van der Waals surface area contributed by atoms with Gasteiger partial charge in [0.1, 0.15) is 0 Å². The van der Waals surface area contributed by atoms with Crippen molar-refractivity contribution in [2.24, 2.45) is 0 Å². The first-order valence-corrected chi connectivity index (χ1v) is 6.84. The highest BCUT2D eigenvalue weighted by Gasteiger charge is 2.31. The monoisotopic (exact) mass is 277 g/mol. The highest BCUT2D eigenvalue weighted by atomic mass is 16.2. The Bertz CT molecular complexity index is 732. The van der Waals surface area contributed by atoms with Crippen LogP contribution < -0.4 is 0 Å². The molecular weight excluding hydrogens is 262 g/mol. The van der Waals surface area contributed by atoms with Gasteiger partial charge in [0.2, 0.25) is 0 Å². The molecule has 0 fully saturated rings. The van der Waals surface area contributed by atoms with Gasteiger partial charge in [-0.1, -0.05) is 48.5 Å². The summed E-state index contributed by atoms with van der Waals surface area (Å²) in [6, 6.07) is 17.2. The van der Waals surface area contributed by atoms with Crippen molar-refractivity contribution in [1.29, 1.82) is 0 Å². The Labute approximate surface area is 123 Å². The van der Waals surface area contributed by atoms with Crippen LogP contribution >= 0.6 is 0 Å². The summed E-state index contributed by atoms with van der Waals surface area (Å²) in [6.07, 6.45) is 1.53. The summed E-state index contributed by atoms with van der Waals surface area (Å²) in [4.78, 5) is 25.7. The maximum absolute atomic E-state index is 12.6. The molecule has 0 unspecified atom stereocenters. The number of hydrogen-bond acceptors (Lipinski definition) is 2. The Balaban J connectivity index is 2.04. The minimum absolute atomic E-state index is 0.0537. The third-order valence-corrected chi connectivity index (χ3v) is 3.49. The highest BCUT2D eigenvalue weighted by molar-refractivity contribution is 6.12. The summed E-state index contributed by atoms with van der Waals surface area (Å²) in [5.74, 6) is -0.116. The zero-order chi connectivity index (χ0) is 14.8. The van der Waals surface area contributed by atoms with E-state index >= 15 is 0 Å². The second-order valence-electron chi connectivity index (χ2n) is 5.06. The lowest BCUT2D eigenvalue weighted by Gasteiger charge is -2.18. The molecule has 0 saturated heterocycles. The van der Waals surface area contributed by atoms with Crippen molar-refractivity contribution in [3.8, 4) is 0 Å². The van der Waals surface area contributed by atoms with Crippen LogP contribution in [0.4, 0.5) is 0 Å². The van der Waals surface area contributed by atoms with Crippen LogP contribution in [0.25, 0.3) is 5.70 Å². The molecule has 3 heteroatoms. The minimum Gasteiger partial charge on any atom is -0.303 e. The fourth-order valence-electron chi connectivity index (χ4n) is 2.56. The lowest BCUT2D eigenvalue weighted by atomic mass is 10.1. The van der Waals surface area contributed by atoms with E-state index in [-0.39, 0.29) is 11.7 Å². The van der Waals surface area contributed by atoms with Crippen LogP contribution in [0, 0.1) is 0 Å². The molecular formula is C18H15NO2. The van der Waals surface area contributed by atoms with Gasteiger partial charge >= 0.3 is 0 Å². The maximum atomic E-state index is 12.6. The predicted octanol–water partition coefficient (Wildman–Crippen LogP) is 3.27. The van der Waals surface area contributed by atoms with E-state index in [0.717, 1.165) is 11.1 Å². The average Bonchev–Trinajstić information content (AvgIpc) is 2.74. The number of carbonyl (C=O) groups excluding carboxylic acids is 2. The number of amides is 1. The normalized spacial score (nSPS) is 15.4. The smallest absolute Gasteiger partial charge is 0.259 e. The van der Waals surface area contributed by atoms with E-state index in [1.165, 1.54) is 13.0 Å². The van der Waals surface area contributed by atoms with Gasteiger partial charge in [-0.25, -0.2) is 0 Å². The van der Waals surface area contributed by atoms with Gasteiger partial charge in [-0.15, -0.1) is 0 Å². The van der Waals surface area contributed by atoms with E-state index in [0.29, 0.717) is 17.8 Å². The predicted molar refractivity (Wildman–Crippen MR) is 81.4 cm³/mol. The first-order valence-electron chi connectivity index (χ1n) is 6.84. The van der Waals surface area contributed by atoms with Crippen molar-refractivity contribution in [1.82, 2.24) is 4.90 Å². The topological polar surface area (TPSA) is 37.4 Å². The second-order valence-corrected chi connectivity index (χ2v) is 5.06. The first-order chi connectivity index (χ1) is 10.2. The molecule has 21 heavy (non-hydrogen) atoms. The van der Waals surface area contributed by atoms with Gasteiger partial charge < -0.3 is 4.90 Å². The van der Waals surface area contributed by atoms with Crippen LogP contribution in [-0.2, 0) is 11.3 Å². The van der Waals surface area contributed by atoms with Crippen molar-refractivity contribution in [3.63, 3.8) is 0 Å². The second kappa shape index (κ2) is 5.37. The van der Waals surface area contributed by atoms with E-state index in [4.69, 9.17) is 0 Å². The standard InChI is InChI=1S/C18H15NO2/c1-13(20)11-17-15-9-5-6-10-16(15)18(21)19(17)12-14-7-3-2-4-8-14/h2-11H,12H2,1H3/b17-11+. The molecule has 0 aliphatic carbocycles. The molecule has 0 aromatic heterocycles. The third-order valence-electron chi connectivity index (χ3n) is 3.49. The number of rotatable bonds is 3. The molecule has 2 aromatic rings. The van der Waals surface area contributed by atoms with Gasteiger partial charge in [-0.2, -0.15) is 0 Å². The van der Waals surface area contributed by atoms with E-state index in [1.54, 1.807) is 11.0 Å². The molecule has 104 valence electrons. The summed E-state index contributed by atoms with van der Waals surface area (Å²) < 4.78 is 0. The number of benzene rings is 2. The fraction of sp³-hybridized carbons (Fsp3) is 0.111. The molecule has 0 spiro atoms. The van der Waals surface area contributed by atoms with Crippen molar-refractivity contribution >= 4 is 17.4 Å². The summed E-state index contributed by atoms with van der Waals surface area (Å²) in [5, 5.41) is 0. The number of carbonyl (C=O) groups is 2. The van der Waals surface area contributed by atoms with Gasteiger partial charge in [0, 0.05) is 17.2 Å². The average molecular weight is 277 g/mol. The van der Waals surface area contributed by atoms with E-state index in [2.05, 4.69) is 0 Å². The number of nitrogens with zero attached hydrogens (tertiary/aromatic N) is 1. The number of ketones is 1. The van der Waals surface area contributed by atoms with Crippen molar-refractivity contribution in [3.05, 3.63) is 77.4 Å². The molecule has 1 amide bonds. The van der Waals surface area contributed by atoms with Crippen molar-refractivity contribution in [2.45, 2.75) is 13.5 Å². The highest BCUT2D eigenvalue weighted by Crippen LogP contribution is 2.33. The van der Waals surface area contributed by atoms with Gasteiger partial charge in [0.25, 0.3) is 5.91 Å². The van der Waals surface area contributed by atoms with Gasteiger partial charge in [-0.05, 0) is 18.6 Å². The minimum atomic E-state index is -0.0624. The Kier molecular flexibility index (Phi) is 3.40. The van der Waals surface area contributed by atoms with Gasteiger partial charge in [0.05, 0.1) is 12.2 Å². The van der Waals surface area contributed by atoms with Crippen LogP contribution in [0.3, 0.4) is 0 Å². The summed E-state index contributed by atoms with van der Waals surface area (Å²) in [7, 11) is 0. The maximum Gasteiger partial charge on any atom is 0.259 e. The van der Waals surface area contributed by atoms with Crippen LogP contribution in [0.2, 0.25) is 0 Å². The van der Waals surface area contributed by atoms with Gasteiger partial charge in [-0.3, -0.25) is 9.59 Å². The van der Waals surface area contributed by atoms with E-state index in [9.17, 15) is 9.59 Å². The Hall–Kier alpha value is -2.68. The molecule has 1 aliphatic rings. The molecule has 0 N–H and O–H groups in total. The molecule has 1 heterocycles. The molecule has 3 rings (SSSR count). The fourth-order valence-corrected chi connectivity index (χ4v) is 2.56. The largest absolute Gasteiger partial charge is 0.303 e. The van der Waals surface area contributed by atoms with Crippen molar-refractivity contribution in [2.75, 3.05) is 0 Å². The van der Waals surface area contributed by atoms with Crippen LogP contribution in [0.15, 0.2) is 60.7 Å². The Morgan fingerprint density at radius 1 is 1.00 bits per heavy atom. The molecule has 0 saturated carbocycles. The quantitative estimate of drug-likeness (QED) is 0.807. The first kappa shape index (κ1) is 13.3. The van der Waals surface area contributed by atoms with Crippen LogP contribution in [0.1, 0.15) is 28.4 Å². The molecule has 0 radical (unpaired) electrons. The summed E-state index contributed by atoms with van der Waals surface area (Å²) >= 11 is 0. The lowest BCUT2D eigenvalue weighted by Crippen LogP contribution is -2.23. The van der Waals surface area contributed by atoms with E-state index in [1.807, 2.05) is 48.5 Å². The summed E-state index contributed by atoms with van der Waals surface area (Å²) in [5.41, 5.74) is 3.20. The summed E-state index contributed by atoms with van der Waals surface area (Å²) in [6.45, 7) is 1.96.